The van der Waals surface area contributed by atoms with Gasteiger partial charge in [-0.3, -0.25) is 0 Å². The molecule has 0 spiro atoms. The summed E-state index contributed by atoms with van der Waals surface area (Å²) in [4.78, 5) is 12.0. The van der Waals surface area contributed by atoms with Crippen LogP contribution in [0.15, 0.2) is 28.6 Å². The molecule has 6 nitrogen and oxygen atoms in total. The molecule has 1 fully saturated rings. The van der Waals surface area contributed by atoms with Crippen LogP contribution in [0.4, 0.5) is 5.82 Å². The smallest absolute Gasteiger partial charge is 0.250 e. The monoisotopic (exact) mass is 366 g/mol. The minimum atomic E-state index is -3.51. The Morgan fingerprint density at radius 1 is 1.21 bits per heavy atom. The zero-order chi connectivity index (χ0) is 17.0. The van der Waals surface area contributed by atoms with E-state index in [1.807, 2.05) is 19.1 Å². The lowest BCUT2D eigenvalue weighted by molar-refractivity contribution is 0.570. The Balaban J connectivity index is 1.67. The Labute approximate surface area is 147 Å². The van der Waals surface area contributed by atoms with Crippen molar-refractivity contribution in [1.82, 2.24) is 14.7 Å². The van der Waals surface area contributed by atoms with Crippen molar-refractivity contribution in [3.63, 3.8) is 0 Å². The van der Waals surface area contributed by atoms with Crippen molar-refractivity contribution < 1.29 is 8.42 Å². The molecule has 1 aliphatic rings. The summed E-state index contributed by atoms with van der Waals surface area (Å²) >= 11 is 1.30. The SMILES string of the molecule is CCc1ccc(S(=O)(=O)NCc2nccc(N3CCCCC3)n2)s1. The molecular weight excluding hydrogens is 344 g/mol. The zero-order valence-electron chi connectivity index (χ0n) is 13.7. The highest BCUT2D eigenvalue weighted by atomic mass is 32.2. The molecular formula is C16H22N4O2S2. The molecule has 1 aliphatic heterocycles. The van der Waals surface area contributed by atoms with E-state index in [4.69, 9.17) is 0 Å². The van der Waals surface area contributed by atoms with Crippen LogP contribution >= 0.6 is 11.3 Å². The van der Waals surface area contributed by atoms with Crippen LogP contribution in [0.25, 0.3) is 0 Å². The third-order valence-corrected chi connectivity index (χ3v) is 7.16. The van der Waals surface area contributed by atoms with Crippen LogP contribution in [0.2, 0.25) is 0 Å². The van der Waals surface area contributed by atoms with E-state index < -0.39 is 10.0 Å². The van der Waals surface area contributed by atoms with Crippen molar-refractivity contribution in [3.8, 4) is 0 Å². The number of aryl methyl sites for hydroxylation is 1. The molecule has 3 heterocycles. The molecule has 0 saturated carbocycles. The predicted octanol–water partition coefficient (Wildman–Crippen LogP) is 2.57. The highest BCUT2D eigenvalue weighted by Gasteiger charge is 2.18. The Kier molecular flexibility index (Phi) is 5.47. The fraction of sp³-hybridized carbons (Fsp3) is 0.500. The molecule has 0 bridgehead atoms. The van der Waals surface area contributed by atoms with Crippen LogP contribution in [0.5, 0.6) is 0 Å². The number of aromatic nitrogens is 2. The van der Waals surface area contributed by atoms with Crippen LogP contribution in [0.3, 0.4) is 0 Å². The van der Waals surface area contributed by atoms with E-state index in [1.54, 1.807) is 12.3 Å². The Morgan fingerprint density at radius 3 is 2.71 bits per heavy atom. The summed E-state index contributed by atoms with van der Waals surface area (Å²) in [6.07, 6.45) is 6.13. The topological polar surface area (TPSA) is 75.2 Å². The van der Waals surface area contributed by atoms with E-state index in [9.17, 15) is 8.42 Å². The number of nitrogens with one attached hydrogen (secondary N) is 1. The van der Waals surface area contributed by atoms with Crippen molar-refractivity contribution in [2.24, 2.45) is 0 Å². The van der Waals surface area contributed by atoms with Gasteiger partial charge in [-0.1, -0.05) is 6.92 Å². The van der Waals surface area contributed by atoms with Gasteiger partial charge in [0.2, 0.25) is 10.0 Å². The first kappa shape index (κ1) is 17.3. The number of thiophene rings is 1. The van der Waals surface area contributed by atoms with E-state index in [0.717, 1.165) is 30.2 Å². The number of hydrogen-bond donors (Lipinski definition) is 1. The van der Waals surface area contributed by atoms with Crippen molar-refractivity contribution in [3.05, 3.63) is 35.1 Å². The van der Waals surface area contributed by atoms with Gasteiger partial charge < -0.3 is 4.90 Å². The van der Waals surface area contributed by atoms with Gasteiger partial charge in [0.25, 0.3) is 0 Å². The second kappa shape index (κ2) is 7.58. The second-order valence-corrected chi connectivity index (χ2v) is 8.94. The van der Waals surface area contributed by atoms with Crippen LogP contribution in [0, 0.1) is 0 Å². The van der Waals surface area contributed by atoms with Crippen LogP contribution < -0.4 is 9.62 Å². The fourth-order valence-corrected chi connectivity index (χ4v) is 5.02. The minimum absolute atomic E-state index is 0.101. The quantitative estimate of drug-likeness (QED) is 0.850. The first-order chi connectivity index (χ1) is 11.6. The lowest BCUT2D eigenvalue weighted by atomic mass is 10.1. The van der Waals surface area contributed by atoms with Gasteiger partial charge in [0.15, 0.2) is 0 Å². The Morgan fingerprint density at radius 2 is 2.00 bits per heavy atom. The van der Waals surface area contributed by atoms with Crippen molar-refractivity contribution in [2.45, 2.75) is 43.4 Å². The molecule has 0 amide bonds. The third-order valence-electron chi connectivity index (χ3n) is 4.04. The maximum atomic E-state index is 12.4. The summed E-state index contributed by atoms with van der Waals surface area (Å²) in [7, 11) is -3.51. The van der Waals surface area contributed by atoms with E-state index in [2.05, 4.69) is 19.6 Å². The highest BCUT2D eigenvalue weighted by Crippen LogP contribution is 2.22. The van der Waals surface area contributed by atoms with E-state index >= 15 is 0 Å². The second-order valence-electron chi connectivity index (χ2n) is 5.78. The first-order valence-electron chi connectivity index (χ1n) is 8.24. The standard InChI is InChI=1S/C16H22N4O2S2/c1-2-13-6-7-16(23-13)24(21,22)18-12-14-17-9-8-15(19-14)20-10-4-3-5-11-20/h6-9,18H,2-5,10-12H2,1H3. The van der Waals surface area contributed by atoms with Crippen LogP contribution in [-0.2, 0) is 23.0 Å². The maximum Gasteiger partial charge on any atom is 0.250 e. The number of sulfonamides is 1. The lowest BCUT2D eigenvalue weighted by Gasteiger charge is -2.27. The van der Waals surface area contributed by atoms with Gasteiger partial charge in [0.1, 0.15) is 15.9 Å². The molecule has 0 aromatic carbocycles. The van der Waals surface area contributed by atoms with E-state index in [0.29, 0.717) is 10.0 Å². The first-order valence-corrected chi connectivity index (χ1v) is 10.5. The molecule has 130 valence electrons. The summed E-state index contributed by atoms with van der Waals surface area (Å²) in [6.45, 7) is 4.10. The van der Waals surface area contributed by atoms with Crippen LogP contribution in [-0.4, -0.2) is 31.5 Å². The largest absolute Gasteiger partial charge is 0.357 e. The number of piperidine rings is 1. The van der Waals surface area contributed by atoms with Gasteiger partial charge in [-0.15, -0.1) is 11.3 Å². The average molecular weight is 367 g/mol. The predicted molar refractivity (Wildman–Crippen MR) is 95.8 cm³/mol. The summed E-state index contributed by atoms with van der Waals surface area (Å²) in [5, 5.41) is 0. The Hall–Kier alpha value is -1.51. The van der Waals surface area contributed by atoms with Gasteiger partial charge in [0, 0.05) is 24.2 Å². The minimum Gasteiger partial charge on any atom is -0.357 e. The summed E-state index contributed by atoms with van der Waals surface area (Å²) in [6, 6.07) is 5.39. The molecule has 0 atom stereocenters. The fourth-order valence-electron chi connectivity index (χ4n) is 2.70. The van der Waals surface area contributed by atoms with Gasteiger partial charge in [-0.25, -0.2) is 23.1 Å². The summed E-state index contributed by atoms with van der Waals surface area (Å²) in [5.41, 5.74) is 0. The van der Waals surface area contributed by atoms with Gasteiger partial charge in [0.05, 0.1) is 6.54 Å². The number of rotatable bonds is 6. The Bertz CT molecular complexity index is 783. The van der Waals surface area contributed by atoms with E-state index in [-0.39, 0.29) is 6.54 Å². The van der Waals surface area contributed by atoms with Crippen molar-refractivity contribution in [2.75, 3.05) is 18.0 Å². The summed E-state index contributed by atoms with van der Waals surface area (Å²) in [5.74, 6) is 1.37. The van der Waals surface area contributed by atoms with Crippen molar-refractivity contribution in [1.29, 1.82) is 0 Å². The van der Waals surface area contributed by atoms with Gasteiger partial charge in [-0.2, -0.15) is 0 Å². The molecule has 1 N–H and O–H groups in total. The molecule has 3 rings (SSSR count). The third kappa shape index (κ3) is 4.12. The van der Waals surface area contributed by atoms with Gasteiger partial charge in [-0.05, 0) is 43.9 Å². The molecule has 8 heteroatoms. The molecule has 0 aliphatic carbocycles. The van der Waals surface area contributed by atoms with Crippen LogP contribution in [0.1, 0.15) is 36.9 Å². The maximum absolute atomic E-state index is 12.4. The van der Waals surface area contributed by atoms with Crippen molar-refractivity contribution >= 4 is 27.2 Å². The molecule has 24 heavy (non-hydrogen) atoms. The average Bonchev–Trinajstić information content (AvgIpc) is 3.11. The van der Waals surface area contributed by atoms with E-state index in [1.165, 1.54) is 30.6 Å². The highest BCUT2D eigenvalue weighted by molar-refractivity contribution is 7.91. The summed E-state index contributed by atoms with van der Waals surface area (Å²) < 4.78 is 27.6. The molecule has 2 aromatic heterocycles. The van der Waals surface area contributed by atoms with Gasteiger partial charge >= 0.3 is 0 Å². The molecule has 1 saturated heterocycles. The zero-order valence-corrected chi connectivity index (χ0v) is 15.4. The number of nitrogens with zero attached hydrogens (tertiary/aromatic N) is 3. The normalized spacial score (nSPS) is 15.6. The number of anilines is 1. The number of hydrogen-bond acceptors (Lipinski definition) is 6. The molecule has 0 unspecified atom stereocenters. The molecule has 0 radical (unpaired) electrons. The molecule has 2 aromatic rings. The lowest BCUT2D eigenvalue weighted by Crippen LogP contribution is -2.31.